The highest BCUT2D eigenvalue weighted by Crippen LogP contribution is 2.55. The summed E-state index contributed by atoms with van der Waals surface area (Å²) in [5, 5.41) is 15.5. The van der Waals surface area contributed by atoms with Crippen LogP contribution in [-0.2, 0) is 6.54 Å². The summed E-state index contributed by atoms with van der Waals surface area (Å²) in [6, 6.07) is 10.2. The van der Waals surface area contributed by atoms with Crippen molar-refractivity contribution in [1.82, 2.24) is 10.6 Å². The van der Waals surface area contributed by atoms with Crippen LogP contribution < -0.4 is 10.6 Å². The van der Waals surface area contributed by atoms with Crippen LogP contribution in [-0.4, -0.2) is 11.5 Å². The van der Waals surface area contributed by atoms with Crippen LogP contribution in [0, 0.1) is 29.2 Å². The summed E-state index contributed by atoms with van der Waals surface area (Å²) in [6.07, 6.45) is 10.0. The first-order valence-corrected chi connectivity index (χ1v) is 8.76. The van der Waals surface area contributed by atoms with E-state index in [-0.39, 0.29) is 5.54 Å². The van der Waals surface area contributed by atoms with Gasteiger partial charge in [0.15, 0.2) is 6.19 Å². The second-order valence-electron chi connectivity index (χ2n) is 7.71. The van der Waals surface area contributed by atoms with Gasteiger partial charge < -0.3 is 5.32 Å². The smallest absolute Gasteiger partial charge is 0.205 e. The van der Waals surface area contributed by atoms with E-state index in [1.165, 1.54) is 38.5 Å². The fourth-order valence-electron chi connectivity index (χ4n) is 5.43. The predicted octanol–water partition coefficient (Wildman–Crippen LogP) is 3.17. The Labute approximate surface area is 138 Å². The molecule has 4 bridgehead atoms. The Morgan fingerprint density at radius 3 is 2.26 bits per heavy atom. The third-order valence-electron chi connectivity index (χ3n) is 5.86. The lowest BCUT2D eigenvalue weighted by atomic mass is 9.53. The summed E-state index contributed by atoms with van der Waals surface area (Å²) in [4.78, 5) is 4.63. The van der Waals surface area contributed by atoms with Crippen LogP contribution in [0.25, 0.3) is 0 Å². The van der Waals surface area contributed by atoms with Crippen LogP contribution in [0.2, 0.25) is 0 Å². The fourth-order valence-corrected chi connectivity index (χ4v) is 5.43. The minimum atomic E-state index is 0.175. The number of nitrogens with one attached hydrogen (secondary N) is 2. The van der Waals surface area contributed by atoms with Crippen molar-refractivity contribution < 1.29 is 0 Å². The Morgan fingerprint density at radius 2 is 1.70 bits per heavy atom. The molecule has 2 N–H and O–H groups in total. The molecular formula is C19H24N4. The summed E-state index contributed by atoms with van der Waals surface area (Å²) in [7, 11) is 0. The number of nitriles is 1. The van der Waals surface area contributed by atoms with Crippen LogP contribution in [0.4, 0.5) is 0 Å². The van der Waals surface area contributed by atoms with Crippen molar-refractivity contribution in [3.05, 3.63) is 35.9 Å². The summed E-state index contributed by atoms with van der Waals surface area (Å²) in [5.74, 6) is 3.29. The summed E-state index contributed by atoms with van der Waals surface area (Å²) in [6.45, 7) is 0.601. The summed E-state index contributed by atoms with van der Waals surface area (Å²) in [5.41, 5.74) is 1.34. The molecule has 4 fully saturated rings. The number of rotatable bonds is 3. The first-order chi connectivity index (χ1) is 11.2. The highest BCUT2D eigenvalue weighted by molar-refractivity contribution is 5.82. The highest BCUT2D eigenvalue weighted by Gasteiger charge is 2.51. The van der Waals surface area contributed by atoms with Crippen LogP contribution in [0.1, 0.15) is 44.1 Å². The number of hydrogen-bond donors (Lipinski definition) is 2. The largest absolute Gasteiger partial charge is 0.350 e. The van der Waals surface area contributed by atoms with Crippen LogP contribution in [0.15, 0.2) is 35.3 Å². The zero-order valence-electron chi connectivity index (χ0n) is 13.5. The Kier molecular flexibility index (Phi) is 3.72. The lowest BCUT2D eigenvalue weighted by molar-refractivity contribution is -0.0104. The van der Waals surface area contributed by atoms with Crippen molar-refractivity contribution in [3.63, 3.8) is 0 Å². The Balaban J connectivity index is 1.49. The molecule has 0 aromatic heterocycles. The molecule has 5 rings (SSSR count). The molecule has 23 heavy (non-hydrogen) atoms. The minimum Gasteiger partial charge on any atom is -0.350 e. The van der Waals surface area contributed by atoms with E-state index in [4.69, 9.17) is 5.26 Å². The van der Waals surface area contributed by atoms with Gasteiger partial charge in [-0.25, -0.2) is 4.99 Å². The topological polar surface area (TPSA) is 60.2 Å². The quantitative estimate of drug-likeness (QED) is 0.390. The average Bonchev–Trinajstić information content (AvgIpc) is 2.52. The van der Waals surface area contributed by atoms with E-state index in [0.29, 0.717) is 12.5 Å². The van der Waals surface area contributed by atoms with Gasteiger partial charge in [-0.15, -0.1) is 0 Å². The monoisotopic (exact) mass is 308 g/mol. The second kappa shape index (κ2) is 5.88. The molecule has 4 aliphatic rings. The van der Waals surface area contributed by atoms with E-state index in [2.05, 4.69) is 27.8 Å². The van der Waals surface area contributed by atoms with Crippen LogP contribution in [0.5, 0.6) is 0 Å². The van der Waals surface area contributed by atoms with Gasteiger partial charge in [-0.1, -0.05) is 30.3 Å². The molecule has 0 radical (unpaired) electrons. The minimum absolute atomic E-state index is 0.175. The van der Waals surface area contributed by atoms with Crippen molar-refractivity contribution in [3.8, 4) is 6.19 Å². The maximum atomic E-state index is 9.06. The van der Waals surface area contributed by atoms with Crippen molar-refractivity contribution in [1.29, 1.82) is 5.26 Å². The lowest BCUT2D eigenvalue weighted by Crippen LogP contribution is -2.61. The SMILES string of the molecule is N#CNC(=NCc1ccccc1)NC12CC3CC(CC(C3)C1)C2. The molecule has 0 atom stereocenters. The Hall–Kier alpha value is -2.02. The van der Waals surface area contributed by atoms with Gasteiger partial charge in [0.2, 0.25) is 5.96 Å². The third-order valence-corrected chi connectivity index (χ3v) is 5.86. The molecule has 0 spiro atoms. The van der Waals surface area contributed by atoms with E-state index in [1.807, 2.05) is 24.4 Å². The first kappa shape index (κ1) is 14.6. The highest BCUT2D eigenvalue weighted by atomic mass is 15.2. The number of benzene rings is 1. The van der Waals surface area contributed by atoms with Gasteiger partial charge >= 0.3 is 0 Å². The van der Waals surface area contributed by atoms with Gasteiger partial charge in [0.1, 0.15) is 0 Å². The predicted molar refractivity (Wildman–Crippen MR) is 90.4 cm³/mol. The van der Waals surface area contributed by atoms with Gasteiger partial charge in [0, 0.05) is 5.54 Å². The van der Waals surface area contributed by atoms with E-state index >= 15 is 0 Å². The van der Waals surface area contributed by atoms with E-state index < -0.39 is 0 Å². The van der Waals surface area contributed by atoms with Gasteiger partial charge in [-0.3, -0.25) is 5.32 Å². The zero-order chi connectivity index (χ0) is 15.7. The maximum absolute atomic E-state index is 9.06. The molecule has 1 aromatic rings. The second-order valence-corrected chi connectivity index (χ2v) is 7.71. The Morgan fingerprint density at radius 1 is 1.09 bits per heavy atom. The first-order valence-electron chi connectivity index (χ1n) is 8.76. The van der Waals surface area contributed by atoms with E-state index in [9.17, 15) is 0 Å². The van der Waals surface area contributed by atoms with E-state index in [1.54, 1.807) is 0 Å². The molecule has 4 heteroatoms. The normalized spacial score (nSPS) is 34.9. The maximum Gasteiger partial charge on any atom is 0.205 e. The zero-order valence-corrected chi connectivity index (χ0v) is 13.5. The number of guanidine groups is 1. The van der Waals surface area contributed by atoms with Crippen molar-refractivity contribution in [2.45, 2.75) is 50.6 Å². The van der Waals surface area contributed by atoms with Crippen molar-refractivity contribution in [2.24, 2.45) is 22.7 Å². The molecule has 0 saturated heterocycles. The van der Waals surface area contributed by atoms with Gasteiger partial charge in [0.05, 0.1) is 6.54 Å². The van der Waals surface area contributed by atoms with Gasteiger partial charge in [-0.2, -0.15) is 5.26 Å². The molecule has 4 saturated carbocycles. The van der Waals surface area contributed by atoms with Crippen LogP contribution >= 0.6 is 0 Å². The molecule has 1 aromatic carbocycles. The molecule has 120 valence electrons. The third kappa shape index (κ3) is 3.06. The standard InChI is InChI=1S/C19H24N4/c20-13-22-18(21-12-14-4-2-1-3-5-14)23-19-9-15-6-16(10-19)8-17(7-15)11-19/h1-5,15-17H,6-12H2,(H2,21,22,23). The number of aliphatic imine (C=N–C) groups is 1. The number of nitrogens with zero attached hydrogens (tertiary/aromatic N) is 2. The number of hydrogen-bond acceptors (Lipinski definition) is 2. The molecule has 0 unspecified atom stereocenters. The molecule has 0 aliphatic heterocycles. The molecule has 0 heterocycles. The average molecular weight is 308 g/mol. The molecular weight excluding hydrogens is 284 g/mol. The summed E-state index contributed by atoms with van der Waals surface area (Å²) >= 11 is 0. The lowest BCUT2D eigenvalue weighted by Gasteiger charge is -2.57. The molecule has 4 nitrogen and oxygen atoms in total. The van der Waals surface area contributed by atoms with E-state index in [0.717, 1.165) is 23.3 Å². The molecule has 0 amide bonds. The van der Waals surface area contributed by atoms with Crippen molar-refractivity contribution in [2.75, 3.05) is 0 Å². The van der Waals surface area contributed by atoms with Gasteiger partial charge in [-0.05, 0) is 61.8 Å². The Bertz CT molecular complexity index is 593. The molecule has 4 aliphatic carbocycles. The fraction of sp³-hybridized carbons (Fsp3) is 0.579. The van der Waals surface area contributed by atoms with Crippen molar-refractivity contribution >= 4 is 5.96 Å². The summed E-state index contributed by atoms with van der Waals surface area (Å²) < 4.78 is 0. The van der Waals surface area contributed by atoms with Crippen LogP contribution in [0.3, 0.4) is 0 Å². The van der Waals surface area contributed by atoms with Gasteiger partial charge in [0.25, 0.3) is 0 Å².